The topological polar surface area (TPSA) is 53.6 Å². The van der Waals surface area contributed by atoms with E-state index in [1.807, 2.05) is 25.1 Å². The molecule has 1 aliphatic heterocycles. The summed E-state index contributed by atoms with van der Waals surface area (Å²) in [6, 6.07) is 12.3. The predicted molar refractivity (Wildman–Crippen MR) is 126 cm³/mol. The van der Waals surface area contributed by atoms with Gasteiger partial charge in [-0.05, 0) is 87.3 Å². The second kappa shape index (κ2) is 9.59. The van der Waals surface area contributed by atoms with Crippen molar-refractivity contribution in [2.45, 2.75) is 39.2 Å². The summed E-state index contributed by atoms with van der Waals surface area (Å²) < 4.78 is 6.19. The molecule has 1 heterocycles. The highest BCUT2D eigenvalue weighted by molar-refractivity contribution is 9.10. The summed E-state index contributed by atoms with van der Waals surface area (Å²) in [7, 11) is 1.55. The minimum Gasteiger partial charge on any atom is -0.496 e. The third-order valence-electron chi connectivity index (χ3n) is 5.18. The number of hydrogen-bond acceptors (Lipinski definition) is 4. The summed E-state index contributed by atoms with van der Waals surface area (Å²) in [5.41, 5.74) is 3.35. The Morgan fingerprint density at radius 2 is 1.97 bits per heavy atom. The number of halogens is 1. The molecule has 3 rings (SSSR count). The van der Waals surface area contributed by atoms with E-state index >= 15 is 0 Å². The number of aryl methyl sites for hydroxylation is 1. The number of rotatable bonds is 4. The summed E-state index contributed by atoms with van der Waals surface area (Å²) in [6.45, 7) is 5.26. The maximum Gasteiger partial charge on any atom is 0.261 e. The molecular formula is C22H26BrN3O2S. The molecule has 0 aliphatic carbocycles. The van der Waals surface area contributed by atoms with Crippen LogP contribution >= 0.6 is 28.1 Å². The zero-order chi connectivity index (χ0) is 21.0. The van der Waals surface area contributed by atoms with E-state index in [1.165, 1.54) is 24.9 Å². The third kappa shape index (κ3) is 5.28. The van der Waals surface area contributed by atoms with Crippen molar-refractivity contribution >= 4 is 50.5 Å². The van der Waals surface area contributed by atoms with Gasteiger partial charge < -0.3 is 15.0 Å². The van der Waals surface area contributed by atoms with Crippen LogP contribution in [0.15, 0.2) is 40.9 Å². The van der Waals surface area contributed by atoms with Crippen LogP contribution in [0.1, 0.15) is 42.1 Å². The lowest BCUT2D eigenvalue weighted by Gasteiger charge is -2.35. The van der Waals surface area contributed by atoms with Gasteiger partial charge in [-0.3, -0.25) is 10.1 Å². The lowest BCUT2D eigenvalue weighted by Crippen LogP contribution is -2.37. The van der Waals surface area contributed by atoms with Crippen LogP contribution in [0.4, 0.5) is 11.4 Å². The van der Waals surface area contributed by atoms with Crippen LogP contribution in [0, 0.1) is 6.92 Å². The fourth-order valence-corrected chi connectivity index (χ4v) is 4.50. The fourth-order valence-electron chi connectivity index (χ4n) is 3.72. The number of thiocarbonyl (C=S) groups is 1. The average Bonchev–Trinajstić information content (AvgIpc) is 2.68. The summed E-state index contributed by atoms with van der Waals surface area (Å²) in [5.74, 6) is 0.219. The lowest BCUT2D eigenvalue weighted by atomic mass is 10.0. The minimum atomic E-state index is -0.317. The minimum absolute atomic E-state index is 0.244. The molecule has 1 amide bonds. The van der Waals surface area contributed by atoms with Gasteiger partial charge in [0, 0.05) is 28.4 Å². The molecule has 0 bridgehead atoms. The lowest BCUT2D eigenvalue weighted by molar-refractivity contribution is 0.0974. The Hall–Kier alpha value is -2.12. The summed E-state index contributed by atoms with van der Waals surface area (Å²) in [4.78, 5) is 15.1. The van der Waals surface area contributed by atoms with Crippen molar-refractivity contribution in [3.8, 4) is 5.75 Å². The van der Waals surface area contributed by atoms with Crippen LogP contribution in [0.25, 0.3) is 0 Å². The number of benzene rings is 2. The Bertz CT molecular complexity index is 902. The van der Waals surface area contributed by atoms with Crippen molar-refractivity contribution in [3.05, 3.63) is 52.0 Å². The SMILES string of the molecule is COc1c(C)cc(Br)cc1C(=O)NC(=S)Nc1ccc(N2CCCCC2C)cc1. The molecule has 2 N–H and O–H groups in total. The third-order valence-corrected chi connectivity index (χ3v) is 5.84. The monoisotopic (exact) mass is 475 g/mol. The van der Waals surface area contributed by atoms with E-state index < -0.39 is 0 Å². The van der Waals surface area contributed by atoms with Gasteiger partial charge in [-0.2, -0.15) is 0 Å². The van der Waals surface area contributed by atoms with Gasteiger partial charge in [-0.1, -0.05) is 15.9 Å². The molecule has 1 saturated heterocycles. The van der Waals surface area contributed by atoms with Gasteiger partial charge in [0.15, 0.2) is 5.11 Å². The fraction of sp³-hybridized carbons (Fsp3) is 0.364. The Morgan fingerprint density at radius 1 is 1.24 bits per heavy atom. The molecule has 154 valence electrons. The van der Waals surface area contributed by atoms with E-state index in [2.05, 4.69) is 50.5 Å². The molecule has 1 fully saturated rings. The van der Waals surface area contributed by atoms with E-state index in [1.54, 1.807) is 13.2 Å². The zero-order valence-corrected chi connectivity index (χ0v) is 19.3. The van der Waals surface area contributed by atoms with E-state index in [4.69, 9.17) is 17.0 Å². The Balaban J connectivity index is 1.64. The molecule has 2 aromatic carbocycles. The molecule has 1 aliphatic rings. The Kier molecular flexibility index (Phi) is 7.14. The number of nitrogens with zero attached hydrogens (tertiary/aromatic N) is 1. The second-order valence-electron chi connectivity index (χ2n) is 7.30. The largest absolute Gasteiger partial charge is 0.496 e. The van der Waals surface area contributed by atoms with Gasteiger partial charge in [0.25, 0.3) is 5.91 Å². The highest BCUT2D eigenvalue weighted by Crippen LogP contribution is 2.28. The van der Waals surface area contributed by atoms with Crippen LogP contribution in [-0.2, 0) is 0 Å². The number of amides is 1. The number of hydrogen-bond donors (Lipinski definition) is 2. The van der Waals surface area contributed by atoms with Gasteiger partial charge in [-0.25, -0.2) is 0 Å². The number of piperidine rings is 1. The highest BCUT2D eigenvalue weighted by atomic mass is 79.9. The Labute approximate surface area is 185 Å². The van der Waals surface area contributed by atoms with Gasteiger partial charge in [0.05, 0.1) is 12.7 Å². The zero-order valence-electron chi connectivity index (χ0n) is 16.9. The maximum absolute atomic E-state index is 12.7. The first-order valence-corrected chi connectivity index (χ1v) is 10.9. The normalized spacial score (nSPS) is 16.3. The van der Waals surface area contributed by atoms with Crippen molar-refractivity contribution in [1.29, 1.82) is 0 Å². The van der Waals surface area contributed by atoms with Crippen molar-refractivity contribution in [1.82, 2.24) is 5.32 Å². The molecule has 0 spiro atoms. The maximum atomic E-state index is 12.7. The first kappa shape index (κ1) is 21.6. The van der Waals surface area contributed by atoms with E-state index in [0.29, 0.717) is 17.4 Å². The molecule has 2 aromatic rings. The number of carbonyl (C=O) groups excluding carboxylic acids is 1. The molecular weight excluding hydrogens is 450 g/mol. The van der Waals surface area contributed by atoms with E-state index in [0.717, 1.165) is 22.3 Å². The quantitative estimate of drug-likeness (QED) is 0.589. The van der Waals surface area contributed by atoms with Gasteiger partial charge >= 0.3 is 0 Å². The van der Waals surface area contributed by atoms with E-state index in [-0.39, 0.29) is 11.0 Å². The van der Waals surface area contributed by atoms with E-state index in [9.17, 15) is 4.79 Å². The molecule has 7 heteroatoms. The average molecular weight is 476 g/mol. The van der Waals surface area contributed by atoms with Gasteiger partial charge in [0.2, 0.25) is 0 Å². The van der Waals surface area contributed by atoms with Crippen LogP contribution in [0.5, 0.6) is 5.75 Å². The van der Waals surface area contributed by atoms with Crippen molar-refractivity contribution in [3.63, 3.8) is 0 Å². The smallest absolute Gasteiger partial charge is 0.261 e. The van der Waals surface area contributed by atoms with Crippen molar-refractivity contribution in [2.75, 3.05) is 23.9 Å². The Morgan fingerprint density at radius 3 is 2.62 bits per heavy atom. The molecule has 1 unspecified atom stereocenters. The molecule has 5 nitrogen and oxygen atoms in total. The summed E-state index contributed by atoms with van der Waals surface area (Å²) in [6.07, 6.45) is 3.77. The predicted octanol–water partition coefficient (Wildman–Crippen LogP) is 5.27. The summed E-state index contributed by atoms with van der Waals surface area (Å²) in [5, 5.41) is 6.05. The van der Waals surface area contributed by atoms with Crippen LogP contribution in [-0.4, -0.2) is 30.7 Å². The van der Waals surface area contributed by atoms with Crippen molar-refractivity contribution < 1.29 is 9.53 Å². The molecule has 1 atom stereocenters. The van der Waals surface area contributed by atoms with Crippen LogP contribution in [0.2, 0.25) is 0 Å². The van der Waals surface area contributed by atoms with Crippen LogP contribution in [0.3, 0.4) is 0 Å². The molecule has 0 radical (unpaired) electrons. The first-order valence-electron chi connectivity index (χ1n) is 9.72. The summed E-state index contributed by atoms with van der Waals surface area (Å²) >= 11 is 8.75. The first-order chi connectivity index (χ1) is 13.9. The number of ether oxygens (including phenoxy) is 1. The second-order valence-corrected chi connectivity index (χ2v) is 8.62. The van der Waals surface area contributed by atoms with Gasteiger partial charge in [-0.15, -0.1) is 0 Å². The molecule has 29 heavy (non-hydrogen) atoms. The highest BCUT2D eigenvalue weighted by Gasteiger charge is 2.19. The number of anilines is 2. The number of methoxy groups -OCH3 is 1. The number of nitrogens with one attached hydrogen (secondary N) is 2. The standard InChI is InChI=1S/C22H26BrN3O2S/c1-14-12-16(23)13-19(20(14)28-3)21(27)25-22(29)24-17-7-9-18(10-8-17)26-11-5-4-6-15(26)2/h7-10,12-13,15H,4-6,11H2,1-3H3,(H2,24,25,27,29). The number of carbonyl (C=O) groups is 1. The van der Waals surface area contributed by atoms with Crippen molar-refractivity contribution in [2.24, 2.45) is 0 Å². The van der Waals surface area contributed by atoms with Gasteiger partial charge in [0.1, 0.15) is 5.75 Å². The molecule has 0 aromatic heterocycles. The molecule has 0 saturated carbocycles. The van der Waals surface area contributed by atoms with Crippen LogP contribution < -0.4 is 20.3 Å².